The Hall–Kier alpha value is -0.910. The Morgan fingerprint density at radius 2 is 2.31 bits per heavy atom. The molecule has 1 aliphatic rings. The summed E-state index contributed by atoms with van der Waals surface area (Å²) in [5, 5.41) is 14.9. The van der Waals surface area contributed by atoms with Gasteiger partial charge >= 0.3 is 0 Å². The number of oxime groups is 1. The highest BCUT2D eigenvalue weighted by Gasteiger charge is 2.27. The molecule has 1 aliphatic carbocycles. The van der Waals surface area contributed by atoms with E-state index in [9.17, 15) is 4.79 Å². The molecule has 1 rings (SSSR count). The lowest BCUT2D eigenvalue weighted by Gasteiger charge is -2.16. The number of nitrogens with zero attached hydrogens (tertiary/aromatic N) is 1. The molecular weight excluding hydrogens is 226 g/mol. The largest absolute Gasteiger partial charge is 0.409 e. The first-order valence-corrected chi connectivity index (χ1v) is 6.67. The highest BCUT2D eigenvalue weighted by molar-refractivity contribution is 7.99. The summed E-state index contributed by atoms with van der Waals surface area (Å²) in [6.45, 7) is 1.63. The van der Waals surface area contributed by atoms with Gasteiger partial charge in [-0.1, -0.05) is 5.16 Å². The van der Waals surface area contributed by atoms with E-state index in [2.05, 4.69) is 16.7 Å². The number of carbonyl (C=O) groups excluding carboxylic acids is 1. The maximum absolute atomic E-state index is 11.7. The summed E-state index contributed by atoms with van der Waals surface area (Å²) < 4.78 is 0. The highest BCUT2D eigenvalue weighted by atomic mass is 32.2. The fourth-order valence-electron chi connectivity index (χ4n) is 1.83. The second-order valence-corrected chi connectivity index (χ2v) is 5.26. The SMILES string of the molecule is CSC1CCC(NC(=O)C(C)C(N)=NO)C1. The molecule has 0 radical (unpaired) electrons. The van der Waals surface area contributed by atoms with Gasteiger partial charge < -0.3 is 16.3 Å². The lowest BCUT2D eigenvalue weighted by Crippen LogP contribution is -2.41. The van der Waals surface area contributed by atoms with Gasteiger partial charge in [0.1, 0.15) is 0 Å². The first kappa shape index (κ1) is 13.2. The zero-order valence-electron chi connectivity index (χ0n) is 9.64. The van der Waals surface area contributed by atoms with Crippen molar-refractivity contribution in [3.05, 3.63) is 0 Å². The number of nitrogens with two attached hydrogens (primary N) is 1. The van der Waals surface area contributed by atoms with Gasteiger partial charge in [0.05, 0.1) is 5.92 Å². The molecule has 6 heteroatoms. The third kappa shape index (κ3) is 3.30. The van der Waals surface area contributed by atoms with Gasteiger partial charge in [-0.25, -0.2) is 0 Å². The lowest BCUT2D eigenvalue weighted by molar-refractivity contribution is -0.123. The Morgan fingerprint density at radius 3 is 2.81 bits per heavy atom. The van der Waals surface area contributed by atoms with Crippen LogP contribution in [0.25, 0.3) is 0 Å². The van der Waals surface area contributed by atoms with Crippen molar-refractivity contribution in [2.75, 3.05) is 6.26 Å². The Morgan fingerprint density at radius 1 is 1.62 bits per heavy atom. The quantitative estimate of drug-likeness (QED) is 0.295. The van der Waals surface area contributed by atoms with Crippen molar-refractivity contribution in [3.63, 3.8) is 0 Å². The van der Waals surface area contributed by atoms with Gasteiger partial charge in [0, 0.05) is 11.3 Å². The number of thioether (sulfide) groups is 1. The molecule has 92 valence electrons. The summed E-state index contributed by atoms with van der Waals surface area (Å²) in [7, 11) is 0. The van der Waals surface area contributed by atoms with Gasteiger partial charge in [0.2, 0.25) is 5.91 Å². The number of amides is 1. The Bertz CT molecular complexity index is 283. The van der Waals surface area contributed by atoms with E-state index in [4.69, 9.17) is 10.9 Å². The van der Waals surface area contributed by atoms with Crippen LogP contribution in [-0.2, 0) is 4.79 Å². The number of nitrogens with one attached hydrogen (secondary N) is 1. The summed E-state index contributed by atoms with van der Waals surface area (Å²) in [6, 6.07) is 0.235. The topological polar surface area (TPSA) is 87.7 Å². The lowest BCUT2D eigenvalue weighted by atomic mass is 10.1. The third-order valence-electron chi connectivity index (χ3n) is 3.02. The van der Waals surface area contributed by atoms with Crippen LogP contribution in [0.3, 0.4) is 0 Å². The second-order valence-electron chi connectivity index (χ2n) is 4.12. The van der Waals surface area contributed by atoms with Crippen LogP contribution in [0.2, 0.25) is 0 Å². The van der Waals surface area contributed by atoms with Gasteiger partial charge in [0.15, 0.2) is 5.84 Å². The molecule has 5 nitrogen and oxygen atoms in total. The summed E-state index contributed by atoms with van der Waals surface area (Å²) in [6.07, 6.45) is 5.26. The predicted octanol–water partition coefficient (Wildman–Crippen LogP) is 0.769. The van der Waals surface area contributed by atoms with Crippen LogP contribution in [0.15, 0.2) is 5.16 Å². The maximum atomic E-state index is 11.7. The normalized spacial score (nSPS) is 27.8. The third-order valence-corrected chi connectivity index (χ3v) is 4.11. The van der Waals surface area contributed by atoms with Gasteiger partial charge in [-0.15, -0.1) is 0 Å². The van der Waals surface area contributed by atoms with Crippen LogP contribution in [0.4, 0.5) is 0 Å². The summed E-state index contributed by atoms with van der Waals surface area (Å²) in [5.74, 6) is -0.780. The molecule has 3 unspecified atom stereocenters. The minimum Gasteiger partial charge on any atom is -0.409 e. The molecule has 4 N–H and O–H groups in total. The van der Waals surface area contributed by atoms with Gasteiger partial charge in [0.25, 0.3) is 0 Å². The first-order valence-electron chi connectivity index (χ1n) is 5.39. The Labute approximate surface area is 99.8 Å². The van der Waals surface area contributed by atoms with Crippen molar-refractivity contribution >= 4 is 23.5 Å². The number of amidine groups is 1. The minimum atomic E-state index is -0.571. The zero-order valence-corrected chi connectivity index (χ0v) is 10.5. The zero-order chi connectivity index (χ0) is 12.1. The van der Waals surface area contributed by atoms with Crippen LogP contribution < -0.4 is 11.1 Å². The maximum Gasteiger partial charge on any atom is 0.230 e. The molecule has 3 atom stereocenters. The smallest absolute Gasteiger partial charge is 0.230 e. The molecule has 0 aromatic carbocycles. The molecule has 0 bridgehead atoms. The van der Waals surface area contributed by atoms with E-state index in [1.807, 2.05) is 11.8 Å². The van der Waals surface area contributed by atoms with E-state index < -0.39 is 5.92 Å². The molecule has 0 spiro atoms. The fraction of sp³-hybridized carbons (Fsp3) is 0.800. The van der Waals surface area contributed by atoms with Crippen LogP contribution in [0.5, 0.6) is 0 Å². The van der Waals surface area contributed by atoms with Crippen molar-refractivity contribution in [2.24, 2.45) is 16.8 Å². The van der Waals surface area contributed by atoms with E-state index in [0.717, 1.165) is 19.3 Å². The molecule has 0 aromatic rings. The molecule has 1 fully saturated rings. The van der Waals surface area contributed by atoms with Gasteiger partial charge in [-0.2, -0.15) is 11.8 Å². The summed E-state index contributed by atoms with van der Waals surface area (Å²) >= 11 is 1.84. The number of carbonyl (C=O) groups is 1. The van der Waals surface area contributed by atoms with Crippen molar-refractivity contribution in [2.45, 2.75) is 37.5 Å². The molecule has 0 aliphatic heterocycles. The molecule has 1 amide bonds. The fourth-order valence-corrected chi connectivity index (χ4v) is 2.63. The Balaban J connectivity index is 2.41. The first-order chi connectivity index (χ1) is 7.58. The molecule has 0 saturated heterocycles. The average Bonchev–Trinajstić information content (AvgIpc) is 2.74. The van der Waals surface area contributed by atoms with Gasteiger partial charge in [-0.05, 0) is 32.4 Å². The number of hydrogen-bond donors (Lipinski definition) is 3. The summed E-state index contributed by atoms with van der Waals surface area (Å²) in [4.78, 5) is 11.7. The van der Waals surface area contributed by atoms with Crippen LogP contribution in [-0.4, -0.2) is 34.5 Å². The van der Waals surface area contributed by atoms with E-state index in [1.54, 1.807) is 6.92 Å². The van der Waals surface area contributed by atoms with E-state index in [0.29, 0.717) is 5.25 Å². The van der Waals surface area contributed by atoms with E-state index >= 15 is 0 Å². The average molecular weight is 245 g/mol. The predicted molar refractivity (Wildman–Crippen MR) is 65.7 cm³/mol. The molecule has 0 heterocycles. The number of rotatable bonds is 4. The molecule has 0 aromatic heterocycles. The minimum absolute atomic E-state index is 0.0445. The van der Waals surface area contributed by atoms with E-state index in [-0.39, 0.29) is 17.8 Å². The highest BCUT2D eigenvalue weighted by Crippen LogP contribution is 2.28. The van der Waals surface area contributed by atoms with Crippen molar-refractivity contribution < 1.29 is 10.0 Å². The molecule has 16 heavy (non-hydrogen) atoms. The number of hydrogen-bond acceptors (Lipinski definition) is 4. The van der Waals surface area contributed by atoms with Crippen LogP contribution >= 0.6 is 11.8 Å². The van der Waals surface area contributed by atoms with Crippen molar-refractivity contribution in [3.8, 4) is 0 Å². The summed E-state index contributed by atoms with van der Waals surface area (Å²) in [5.41, 5.74) is 5.38. The van der Waals surface area contributed by atoms with Crippen LogP contribution in [0.1, 0.15) is 26.2 Å². The molecule has 1 saturated carbocycles. The monoisotopic (exact) mass is 245 g/mol. The van der Waals surface area contributed by atoms with E-state index in [1.165, 1.54) is 0 Å². The van der Waals surface area contributed by atoms with Gasteiger partial charge in [-0.3, -0.25) is 4.79 Å². The van der Waals surface area contributed by atoms with Crippen molar-refractivity contribution in [1.29, 1.82) is 0 Å². The standard InChI is InChI=1S/C10H19N3O2S/c1-6(9(11)13-15)10(14)12-7-3-4-8(5-7)16-2/h6-8,15H,3-5H2,1-2H3,(H2,11,13)(H,12,14). The molecular formula is C10H19N3O2S. The Kier molecular flexibility index (Phi) is 4.92. The van der Waals surface area contributed by atoms with Crippen molar-refractivity contribution in [1.82, 2.24) is 5.32 Å². The van der Waals surface area contributed by atoms with Crippen LogP contribution in [0, 0.1) is 5.92 Å². The second kappa shape index (κ2) is 5.98.